The zero-order valence-electron chi connectivity index (χ0n) is 12.5. The monoisotopic (exact) mass is 276 g/mol. The molecule has 0 spiro atoms. The molecule has 1 aliphatic heterocycles. The van der Waals surface area contributed by atoms with Gasteiger partial charge in [-0.15, -0.1) is 0 Å². The first-order valence-electron chi connectivity index (χ1n) is 7.93. The van der Waals surface area contributed by atoms with E-state index in [1.54, 1.807) is 0 Å². The second-order valence-electron chi connectivity index (χ2n) is 5.64. The van der Waals surface area contributed by atoms with Crippen molar-refractivity contribution in [3.63, 3.8) is 0 Å². The molecular formula is C16H28N4. The number of rotatable bonds is 7. The Morgan fingerprint density at radius 1 is 1.00 bits per heavy atom. The third-order valence-electron chi connectivity index (χ3n) is 3.97. The molecule has 112 valence electrons. The van der Waals surface area contributed by atoms with Crippen molar-refractivity contribution in [2.24, 2.45) is 5.73 Å². The Morgan fingerprint density at radius 2 is 1.85 bits per heavy atom. The fourth-order valence-corrected chi connectivity index (χ4v) is 2.78. The van der Waals surface area contributed by atoms with E-state index in [1.165, 1.54) is 57.6 Å². The molecule has 0 aromatic carbocycles. The summed E-state index contributed by atoms with van der Waals surface area (Å²) in [5.41, 5.74) is 6.72. The fraction of sp³-hybridized carbons (Fsp3) is 0.688. The van der Waals surface area contributed by atoms with Crippen molar-refractivity contribution >= 4 is 0 Å². The molecule has 1 saturated heterocycles. The molecule has 0 unspecified atom stereocenters. The van der Waals surface area contributed by atoms with Crippen molar-refractivity contribution in [3.05, 3.63) is 30.1 Å². The zero-order valence-corrected chi connectivity index (χ0v) is 12.5. The number of nitrogens with zero attached hydrogens (tertiary/aromatic N) is 3. The summed E-state index contributed by atoms with van der Waals surface area (Å²) >= 11 is 0. The van der Waals surface area contributed by atoms with Gasteiger partial charge in [0.15, 0.2) is 0 Å². The van der Waals surface area contributed by atoms with Crippen LogP contribution >= 0.6 is 0 Å². The third-order valence-corrected chi connectivity index (χ3v) is 3.97. The van der Waals surface area contributed by atoms with Gasteiger partial charge in [-0.05, 0) is 57.6 Å². The second kappa shape index (κ2) is 9.06. The number of hydrogen-bond acceptors (Lipinski definition) is 4. The molecule has 0 radical (unpaired) electrons. The SMILES string of the molecule is NCCCCCN1CCCN(Cc2ccccn2)CC1. The molecule has 2 N–H and O–H groups in total. The van der Waals surface area contributed by atoms with Crippen molar-refractivity contribution in [1.29, 1.82) is 0 Å². The van der Waals surface area contributed by atoms with Gasteiger partial charge in [-0.25, -0.2) is 0 Å². The van der Waals surface area contributed by atoms with Crippen LogP contribution in [-0.2, 0) is 6.54 Å². The topological polar surface area (TPSA) is 45.4 Å². The van der Waals surface area contributed by atoms with E-state index in [-0.39, 0.29) is 0 Å². The summed E-state index contributed by atoms with van der Waals surface area (Å²) in [6.45, 7) is 7.83. The smallest absolute Gasteiger partial charge is 0.0543 e. The Bertz CT molecular complexity index is 355. The molecule has 0 bridgehead atoms. The van der Waals surface area contributed by atoms with Gasteiger partial charge in [-0.3, -0.25) is 9.88 Å². The highest BCUT2D eigenvalue weighted by molar-refractivity contribution is 5.03. The molecule has 1 aliphatic rings. The van der Waals surface area contributed by atoms with Gasteiger partial charge in [-0.1, -0.05) is 12.5 Å². The van der Waals surface area contributed by atoms with Crippen LogP contribution in [-0.4, -0.2) is 54.1 Å². The van der Waals surface area contributed by atoms with E-state index in [0.717, 1.165) is 19.6 Å². The molecule has 4 nitrogen and oxygen atoms in total. The van der Waals surface area contributed by atoms with Gasteiger partial charge in [0.05, 0.1) is 5.69 Å². The van der Waals surface area contributed by atoms with Gasteiger partial charge in [-0.2, -0.15) is 0 Å². The minimum absolute atomic E-state index is 0.831. The van der Waals surface area contributed by atoms with Crippen LogP contribution in [0.5, 0.6) is 0 Å². The summed E-state index contributed by atoms with van der Waals surface area (Å²) in [6.07, 6.45) is 6.88. The van der Waals surface area contributed by atoms with Gasteiger partial charge in [0.2, 0.25) is 0 Å². The standard InChI is InChI=1S/C16H28N4/c17-8-3-1-5-10-19-11-6-12-20(14-13-19)15-16-7-2-4-9-18-16/h2,4,7,9H,1,3,5-6,8,10-15,17H2. The van der Waals surface area contributed by atoms with E-state index in [9.17, 15) is 0 Å². The minimum Gasteiger partial charge on any atom is -0.330 e. The Kier molecular flexibility index (Phi) is 6.98. The summed E-state index contributed by atoms with van der Waals surface area (Å²) < 4.78 is 0. The molecule has 0 atom stereocenters. The number of unbranched alkanes of at least 4 members (excludes halogenated alkanes) is 2. The van der Waals surface area contributed by atoms with Crippen LogP contribution in [0.1, 0.15) is 31.4 Å². The lowest BCUT2D eigenvalue weighted by Gasteiger charge is -2.21. The minimum atomic E-state index is 0.831. The molecule has 1 aromatic heterocycles. The molecule has 2 rings (SSSR count). The van der Waals surface area contributed by atoms with Crippen molar-refractivity contribution in [2.75, 3.05) is 39.3 Å². The van der Waals surface area contributed by atoms with Crippen molar-refractivity contribution in [1.82, 2.24) is 14.8 Å². The van der Waals surface area contributed by atoms with Crippen LogP contribution < -0.4 is 5.73 Å². The molecule has 0 amide bonds. The van der Waals surface area contributed by atoms with Crippen molar-refractivity contribution in [2.45, 2.75) is 32.2 Å². The predicted octanol–water partition coefficient (Wildman–Crippen LogP) is 1.72. The Labute approximate surface area is 123 Å². The van der Waals surface area contributed by atoms with Crippen LogP contribution in [0.2, 0.25) is 0 Å². The van der Waals surface area contributed by atoms with Crippen molar-refractivity contribution in [3.8, 4) is 0 Å². The first kappa shape index (κ1) is 15.4. The molecule has 2 heterocycles. The van der Waals surface area contributed by atoms with Crippen molar-refractivity contribution < 1.29 is 0 Å². The Hall–Kier alpha value is -0.970. The van der Waals surface area contributed by atoms with Gasteiger partial charge in [0, 0.05) is 25.8 Å². The average Bonchev–Trinajstić information content (AvgIpc) is 2.70. The van der Waals surface area contributed by atoms with Crippen LogP contribution in [0.3, 0.4) is 0 Å². The van der Waals surface area contributed by atoms with E-state index in [1.807, 2.05) is 12.3 Å². The highest BCUT2D eigenvalue weighted by atomic mass is 15.2. The van der Waals surface area contributed by atoms with Crippen LogP contribution in [0, 0.1) is 0 Å². The van der Waals surface area contributed by atoms with Gasteiger partial charge in [0.25, 0.3) is 0 Å². The lowest BCUT2D eigenvalue weighted by molar-refractivity contribution is 0.247. The predicted molar refractivity (Wildman–Crippen MR) is 83.5 cm³/mol. The Morgan fingerprint density at radius 3 is 2.65 bits per heavy atom. The molecule has 1 aromatic rings. The van der Waals surface area contributed by atoms with Crippen LogP contribution in [0.15, 0.2) is 24.4 Å². The maximum absolute atomic E-state index is 5.54. The summed E-state index contributed by atoms with van der Waals surface area (Å²) in [4.78, 5) is 9.56. The highest BCUT2D eigenvalue weighted by Gasteiger charge is 2.14. The van der Waals surface area contributed by atoms with Crippen LogP contribution in [0.4, 0.5) is 0 Å². The third kappa shape index (κ3) is 5.57. The Balaban J connectivity index is 1.69. The highest BCUT2D eigenvalue weighted by Crippen LogP contribution is 2.08. The zero-order chi connectivity index (χ0) is 14.0. The summed E-state index contributed by atoms with van der Waals surface area (Å²) in [5, 5.41) is 0. The first-order chi connectivity index (χ1) is 9.88. The van der Waals surface area contributed by atoms with Crippen LogP contribution in [0.25, 0.3) is 0 Å². The summed E-state index contributed by atoms with van der Waals surface area (Å²) in [5.74, 6) is 0. The number of nitrogens with two attached hydrogens (primary N) is 1. The number of aromatic nitrogens is 1. The van der Waals surface area contributed by atoms with E-state index in [2.05, 4.69) is 26.9 Å². The van der Waals surface area contributed by atoms with Gasteiger partial charge < -0.3 is 10.6 Å². The normalized spacial score (nSPS) is 18.1. The fourth-order valence-electron chi connectivity index (χ4n) is 2.78. The quantitative estimate of drug-likeness (QED) is 0.770. The van der Waals surface area contributed by atoms with E-state index < -0.39 is 0 Å². The molecule has 0 saturated carbocycles. The molecule has 1 fully saturated rings. The number of pyridine rings is 1. The molecule has 20 heavy (non-hydrogen) atoms. The second-order valence-corrected chi connectivity index (χ2v) is 5.64. The van der Waals surface area contributed by atoms with E-state index >= 15 is 0 Å². The summed E-state index contributed by atoms with van der Waals surface area (Å²) in [6, 6.07) is 6.17. The number of hydrogen-bond donors (Lipinski definition) is 1. The lowest BCUT2D eigenvalue weighted by Crippen LogP contribution is -2.31. The summed E-state index contributed by atoms with van der Waals surface area (Å²) in [7, 11) is 0. The largest absolute Gasteiger partial charge is 0.330 e. The lowest BCUT2D eigenvalue weighted by atomic mass is 10.2. The van der Waals surface area contributed by atoms with Gasteiger partial charge in [0.1, 0.15) is 0 Å². The molecule has 0 aliphatic carbocycles. The average molecular weight is 276 g/mol. The molecular weight excluding hydrogens is 248 g/mol. The maximum atomic E-state index is 5.54. The first-order valence-corrected chi connectivity index (χ1v) is 7.93. The maximum Gasteiger partial charge on any atom is 0.0543 e. The molecule has 4 heteroatoms. The van der Waals surface area contributed by atoms with E-state index in [4.69, 9.17) is 5.73 Å². The van der Waals surface area contributed by atoms with Gasteiger partial charge >= 0.3 is 0 Å². The van der Waals surface area contributed by atoms with E-state index in [0.29, 0.717) is 0 Å².